The molecule has 0 unspecified atom stereocenters. The third kappa shape index (κ3) is 2.43. The van der Waals surface area contributed by atoms with Crippen LogP contribution in [0.4, 0.5) is 8.78 Å². The summed E-state index contributed by atoms with van der Waals surface area (Å²) in [6.07, 6.45) is 0.282. The molecule has 2 rings (SSSR count). The fourth-order valence-corrected chi connectivity index (χ4v) is 2.70. The molecule has 94 valence electrons. The SMILES string of the molecule is CC.CCc1c(F)c(Cl)c2nc(C)sc2c1F. The van der Waals surface area contributed by atoms with Crippen LogP contribution in [0.25, 0.3) is 10.2 Å². The van der Waals surface area contributed by atoms with Gasteiger partial charge in [0.25, 0.3) is 0 Å². The summed E-state index contributed by atoms with van der Waals surface area (Å²) in [4.78, 5) is 4.02. The maximum atomic E-state index is 13.8. The molecule has 0 atom stereocenters. The Morgan fingerprint density at radius 1 is 1.24 bits per heavy atom. The Hall–Kier alpha value is -0.740. The lowest BCUT2D eigenvalue weighted by atomic mass is 10.1. The van der Waals surface area contributed by atoms with Crippen molar-refractivity contribution in [2.75, 3.05) is 0 Å². The van der Waals surface area contributed by atoms with E-state index in [1.165, 1.54) is 11.3 Å². The molecule has 0 fully saturated rings. The standard InChI is InChI=1S/C10H8ClF2NS.C2H6/c1-3-5-7(12)6(11)9-10(8(5)13)15-4(2)14-9;1-2/h3H2,1-2H3;1-2H3. The van der Waals surface area contributed by atoms with Gasteiger partial charge in [0.1, 0.15) is 22.2 Å². The molecule has 1 aromatic carbocycles. The molecule has 0 radical (unpaired) electrons. The summed E-state index contributed by atoms with van der Waals surface area (Å²) >= 11 is 6.99. The van der Waals surface area contributed by atoms with Gasteiger partial charge in [0.05, 0.1) is 9.71 Å². The minimum Gasteiger partial charge on any atom is -0.240 e. The number of benzene rings is 1. The molecular formula is C12H14ClF2NS. The first-order chi connectivity index (χ1) is 8.06. The molecular weight excluding hydrogens is 264 g/mol. The maximum absolute atomic E-state index is 13.8. The van der Waals surface area contributed by atoms with Crippen LogP contribution < -0.4 is 0 Å². The van der Waals surface area contributed by atoms with Crippen LogP contribution in [0, 0.1) is 18.6 Å². The van der Waals surface area contributed by atoms with Crippen LogP contribution in [0.3, 0.4) is 0 Å². The molecule has 1 heterocycles. The normalized spacial score (nSPS) is 10.3. The van der Waals surface area contributed by atoms with Crippen LogP contribution in [0.2, 0.25) is 5.02 Å². The van der Waals surface area contributed by atoms with E-state index in [1.807, 2.05) is 13.8 Å². The second kappa shape index (κ2) is 5.74. The molecule has 0 aliphatic rings. The van der Waals surface area contributed by atoms with Crippen LogP contribution in [0.1, 0.15) is 31.3 Å². The van der Waals surface area contributed by atoms with E-state index in [1.54, 1.807) is 13.8 Å². The quantitative estimate of drug-likeness (QED) is 0.659. The number of aromatic nitrogens is 1. The molecule has 17 heavy (non-hydrogen) atoms. The summed E-state index contributed by atoms with van der Waals surface area (Å²) < 4.78 is 27.7. The van der Waals surface area contributed by atoms with Gasteiger partial charge < -0.3 is 0 Å². The van der Waals surface area contributed by atoms with Crippen molar-refractivity contribution in [1.82, 2.24) is 4.98 Å². The molecule has 2 aromatic rings. The van der Waals surface area contributed by atoms with Crippen molar-refractivity contribution in [3.8, 4) is 0 Å². The van der Waals surface area contributed by atoms with Crippen molar-refractivity contribution in [2.45, 2.75) is 34.1 Å². The Kier molecular flexibility index (Phi) is 4.83. The van der Waals surface area contributed by atoms with Gasteiger partial charge in [0, 0.05) is 5.56 Å². The van der Waals surface area contributed by atoms with E-state index in [2.05, 4.69) is 4.98 Å². The molecule has 0 N–H and O–H groups in total. The average Bonchev–Trinajstić information content (AvgIpc) is 2.72. The molecule has 5 heteroatoms. The van der Waals surface area contributed by atoms with E-state index < -0.39 is 11.6 Å². The Balaban J connectivity index is 0.000000686. The highest BCUT2D eigenvalue weighted by molar-refractivity contribution is 7.18. The van der Waals surface area contributed by atoms with Crippen molar-refractivity contribution >= 4 is 33.2 Å². The lowest BCUT2D eigenvalue weighted by Crippen LogP contribution is -1.95. The van der Waals surface area contributed by atoms with Gasteiger partial charge >= 0.3 is 0 Å². The largest absolute Gasteiger partial charge is 0.240 e. The highest BCUT2D eigenvalue weighted by Crippen LogP contribution is 2.35. The van der Waals surface area contributed by atoms with E-state index in [0.29, 0.717) is 9.71 Å². The molecule has 0 bridgehead atoms. The Morgan fingerprint density at radius 2 is 1.82 bits per heavy atom. The van der Waals surface area contributed by atoms with Gasteiger partial charge in [-0.1, -0.05) is 32.4 Å². The van der Waals surface area contributed by atoms with E-state index in [9.17, 15) is 8.78 Å². The summed E-state index contributed by atoms with van der Waals surface area (Å²) in [7, 11) is 0. The highest BCUT2D eigenvalue weighted by Gasteiger charge is 2.20. The lowest BCUT2D eigenvalue weighted by molar-refractivity contribution is 0.568. The number of rotatable bonds is 1. The molecule has 0 saturated carbocycles. The zero-order valence-electron chi connectivity index (χ0n) is 10.2. The highest BCUT2D eigenvalue weighted by atomic mass is 35.5. The number of fused-ring (bicyclic) bond motifs is 1. The van der Waals surface area contributed by atoms with Crippen molar-refractivity contribution in [1.29, 1.82) is 0 Å². The zero-order valence-corrected chi connectivity index (χ0v) is 11.8. The van der Waals surface area contributed by atoms with Gasteiger partial charge in [0.15, 0.2) is 0 Å². The smallest absolute Gasteiger partial charge is 0.150 e. The summed E-state index contributed by atoms with van der Waals surface area (Å²) in [5.74, 6) is -1.21. The average molecular weight is 278 g/mol. The van der Waals surface area contributed by atoms with Crippen LogP contribution in [-0.2, 0) is 6.42 Å². The van der Waals surface area contributed by atoms with Crippen LogP contribution >= 0.6 is 22.9 Å². The lowest BCUT2D eigenvalue weighted by Gasteiger charge is -2.04. The van der Waals surface area contributed by atoms with Gasteiger partial charge in [-0.15, -0.1) is 11.3 Å². The maximum Gasteiger partial charge on any atom is 0.150 e. The van der Waals surface area contributed by atoms with Gasteiger partial charge in [0.2, 0.25) is 0 Å². The molecule has 0 aliphatic heterocycles. The first-order valence-electron chi connectivity index (χ1n) is 5.48. The van der Waals surface area contributed by atoms with Gasteiger partial charge in [-0.3, -0.25) is 0 Å². The third-order valence-electron chi connectivity index (χ3n) is 2.22. The summed E-state index contributed by atoms with van der Waals surface area (Å²) in [5.41, 5.74) is 0.266. The summed E-state index contributed by atoms with van der Waals surface area (Å²) in [6, 6.07) is 0. The molecule has 0 saturated heterocycles. The van der Waals surface area contributed by atoms with E-state index in [4.69, 9.17) is 11.6 Å². The fourth-order valence-electron chi connectivity index (χ4n) is 1.50. The van der Waals surface area contributed by atoms with Crippen molar-refractivity contribution in [3.05, 3.63) is 27.2 Å². The summed E-state index contributed by atoms with van der Waals surface area (Å²) in [5, 5.41) is 0.603. The molecule has 1 nitrogen and oxygen atoms in total. The number of hydrogen-bond acceptors (Lipinski definition) is 2. The van der Waals surface area contributed by atoms with E-state index in [-0.39, 0.29) is 22.5 Å². The van der Waals surface area contributed by atoms with Gasteiger partial charge in [-0.25, -0.2) is 13.8 Å². The van der Waals surface area contributed by atoms with E-state index in [0.717, 1.165) is 0 Å². The summed E-state index contributed by atoms with van der Waals surface area (Å²) in [6.45, 7) is 7.43. The predicted molar refractivity (Wildman–Crippen MR) is 70.0 cm³/mol. The second-order valence-corrected chi connectivity index (χ2v) is 4.77. The molecule has 0 aliphatic carbocycles. The first-order valence-corrected chi connectivity index (χ1v) is 6.68. The number of halogens is 3. The van der Waals surface area contributed by atoms with Gasteiger partial charge in [-0.2, -0.15) is 0 Å². The second-order valence-electron chi connectivity index (χ2n) is 3.18. The molecule has 0 spiro atoms. The number of nitrogens with zero attached hydrogens (tertiary/aromatic N) is 1. The minimum absolute atomic E-state index is 0.0381. The topological polar surface area (TPSA) is 12.9 Å². The first kappa shape index (κ1) is 14.3. The third-order valence-corrected chi connectivity index (χ3v) is 3.53. The number of thiazole rings is 1. The van der Waals surface area contributed by atoms with Crippen LogP contribution in [0.5, 0.6) is 0 Å². The zero-order chi connectivity index (χ0) is 13.2. The Morgan fingerprint density at radius 3 is 2.35 bits per heavy atom. The molecule has 0 amide bonds. The van der Waals surface area contributed by atoms with Gasteiger partial charge in [-0.05, 0) is 13.3 Å². The van der Waals surface area contributed by atoms with Crippen molar-refractivity contribution < 1.29 is 8.78 Å². The predicted octanol–water partition coefficient (Wildman–Crippen LogP) is 5.12. The van der Waals surface area contributed by atoms with Crippen molar-refractivity contribution in [3.63, 3.8) is 0 Å². The van der Waals surface area contributed by atoms with Crippen LogP contribution in [-0.4, -0.2) is 4.98 Å². The fraction of sp³-hybridized carbons (Fsp3) is 0.417. The van der Waals surface area contributed by atoms with E-state index >= 15 is 0 Å². The van der Waals surface area contributed by atoms with Crippen molar-refractivity contribution in [2.24, 2.45) is 0 Å². The van der Waals surface area contributed by atoms with Crippen LogP contribution in [0.15, 0.2) is 0 Å². The number of hydrogen-bond donors (Lipinski definition) is 0. The number of aryl methyl sites for hydroxylation is 1. The Labute approximate surface area is 108 Å². The molecule has 1 aromatic heterocycles. The Bertz CT molecular complexity index is 537. The monoisotopic (exact) mass is 277 g/mol. The minimum atomic E-state index is -0.686.